The van der Waals surface area contributed by atoms with Gasteiger partial charge in [0, 0.05) is 23.9 Å². The largest absolute Gasteiger partial charge is 0.475 e. The summed E-state index contributed by atoms with van der Waals surface area (Å²) in [5.41, 5.74) is 2.02. The first-order valence-corrected chi connectivity index (χ1v) is 8.50. The Kier molecular flexibility index (Phi) is 8.91. The van der Waals surface area contributed by atoms with E-state index in [0.717, 1.165) is 40.6 Å². The van der Waals surface area contributed by atoms with E-state index >= 15 is 0 Å². The van der Waals surface area contributed by atoms with Crippen LogP contribution in [0.3, 0.4) is 0 Å². The molecule has 0 amide bonds. The molecule has 1 aromatic heterocycles. The Balaban J connectivity index is 0.00000113. The van der Waals surface area contributed by atoms with Gasteiger partial charge in [0.2, 0.25) is 0 Å². The molecule has 6 heteroatoms. The first-order valence-electron chi connectivity index (χ1n) is 8.50. The molecular weight excluding hydrogens is 391 g/mol. The highest BCUT2D eigenvalue weighted by molar-refractivity contribution is 5.95. The number of benzene rings is 2. The molecule has 26 heavy (non-hydrogen) atoms. The number of hydrogen-bond donors (Lipinski definition) is 0. The lowest BCUT2D eigenvalue weighted by Gasteiger charge is -2.32. The minimum Gasteiger partial charge on any atom is -0.475 e. The molecule has 142 valence electrons. The summed E-state index contributed by atoms with van der Waals surface area (Å²) in [6.45, 7) is 4.42. The summed E-state index contributed by atoms with van der Waals surface area (Å²) in [7, 11) is 0. The van der Waals surface area contributed by atoms with Gasteiger partial charge in [0.15, 0.2) is 0 Å². The Hall–Kier alpha value is -1.26. The molecule has 4 rings (SSSR count). The highest BCUT2D eigenvalue weighted by Crippen LogP contribution is 2.29. The smallest absolute Gasteiger partial charge is 0.149 e. The number of para-hydroxylation sites is 1. The quantitative estimate of drug-likeness (QED) is 0.501. The summed E-state index contributed by atoms with van der Waals surface area (Å²) in [5, 5.41) is 2.25. The number of aromatic nitrogens is 1. The van der Waals surface area contributed by atoms with E-state index in [-0.39, 0.29) is 43.4 Å². The van der Waals surface area contributed by atoms with Crippen molar-refractivity contribution >= 4 is 59.0 Å². The number of nitrogens with zero attached hydrogens (tertiary/aromatic N) is 2. The van der Waals surface area contributed by atoms with Gasteiger partial charge in [0.25, 0.3) is 0 Å². The lowest BCUT2D eigenvalue weighted by Crippen LogP contribution is -2.40. The predicted octanol–water partition coefficient (Wildman–Crippen LogP) is 5.86. The van der Waals surface area contributed by atoms with E-state index in [9.17, 15) is 0 Å². The van der Waals surface area contributed by atoms with E-state index in [1.807, 2.05) is 12.1 Å². The number of pyridine rings is 1. The average Bonchev–Trinajstić information content (AvgIpc) is 2.61. The van der Waals surface area contributed by atoms with Crippen molar-refractivity contribution in [3.05, 3.63) is 48.5 Å². The maximum absolute atomic E-state index is 6.30. The topological polar surface area (TPSA) is 25.4 Å². The van der Waals surface area contributed by atoms with E-state index in [2.05, 4.69) is 48.2 Å². The maximum Gasteiger partial charge on any atom is 0.149 e. The Bertz CT molecular complexity index is 838. The summed E-state index contributed by atoms with van der Waals surface area (Å²) in [4.78, 5) is 7.19. The third kappa shape index (κ3) is 4.72. The van der Waals surface area contributed by atoms with Crippen LogP contribution < -0.4 is 4.74 Å². The highest BCUT2D eigenvalue weighted by atomic mass is 35.5. The fraction of sp³-hybridized carbons (Fsp3) is 0.350. The number of piperidine rings is 1. The van der Waals surface area contributed by atoms with Crippen LogP contribution in [0.1, 0.15) is 26.2 Å². The molecule has 1 unspecified atom stereocenters. The van der Waals surface area contributed by atoms with Gasteiger partial charge in [0.1, 0.15) is 12.0 Å². The minimum absolute atomic E-state index is 0. The molecule has 2 heterocycles. The highest BCUT2D eigenvalue weighted by Gasteiger charge is 2.18. The molecule has 1 atom stereocenters. The summed E-state index contributed by atoms with van der Waals surface area (Å²) >= 11 is 0. The van der Waals surface area contributed by atoms with Crippen LogP contribution in [0.25, 0.3) is 21.8 Å². The SMILES string of the molecule is CC(Oc1cccc2nc3ccccc3cc12)N1CCCCC1.Cl.Cl.Cl. The number of likely N-dealkylation sites (tertiary alicyclic amines) is 1. The van der Waals surface area contributed by atoms with Gasteiger partial charge in [-0.1, -0.05) is 30.7 Å². The van der Waals surface area contributed by atoms with Crippen LogP contribution in [-0.2, 0) is 0 Å². The molecule has 2 aromatic carbocycles. The van der Waals surface area contributed by atoms with Crippen molar-refractivity contribution in [1.29, 1.82) is 0 Å². The molecule has 3 aromatic rings. The third-order valence-electron chi connectivity index (χ3n) is 4.72. The fourth-order valence-electron chi connectivity index (χ4n) is 3.41. The Morgan fingerprint density at radius 3 is 2.35 bits per heavy atom. The molecule has 0 radical (unpaired) electrons. The normalized spacial score (nSPS) is 15.4. The van der Waals surface area contributed by atoms with Crippen molar-refractivity contribution in [3.63, 3.8) is 0 Å². The molecule has 0 aliphatic carbocycles. The molecule has 0 N–H and O–H groups in total. The standard InChI is InChI=1S/C20H22N2O.3ClH/c1-15(22-12-5-2-6-13-22)23-20-11-7-10-19-17(20)14-16-8-3-4-9-18(16)21-19;;;/h3-4,7-11,14-15H,2,5-6,12-13H2,1H3;3*1H. The molecule has 1 saturated heterocycles. The van der Waals surface area contributed by atoms with Crippen molar-refractivity contribution in [2.24, 2.45) is 0 Å². The zero-order chi connectivity index (χ0) is 15.6. The van der Waals surface area contributed by atoms with E-state index in [1.54, 1.807) is 0 Å². The van der Waals surface area contributed by atoms with Gasteiger partial charge in [-0.25, -0.2) is 4.98 Å². The molecule has 1 aliphatic heterocycles. The number of ether oxygens (including phenoxy) is 1. The van der Waals surface area contributed by atoms with Crippen LogP contribution in [0, 0.1) is 0 Å². The van der Waals surface area contributed by atoms with Gasteiger partial charge in [-0.05, 0) is 44.0 Å². The second-order valence-corrected chi connectivity index (χ2v) is 6.32. The lowest BCUT2D eigenvalue weighted by atomic mass is 10.1. The monoisotopic (exact) mass is 414 g/mol. The van der Waals surface area contributed by atoms with Gasteiger partial charge in [-0.2, -0.15) is 0 Å². The first kappa shape index (κ1) is 22.8. The minimum atomic E-state index is 0. The summed E-state index contributed by atoms with van der Waals surface area (Å²) in [6, 6.07) is 16.6. The van der Waals surface area contributed by atoms with Gasteiger partial charge in [0.05, 0.1) is 11.0 Å². The molecular formula is C20H25Cl3N2O. The van der Waals surface area contributed by atoms with Gasteiger partial charge < -0.3 is 4.74 Å². The van der Waals surface area contributed by atoms with Gasteiger partial charge in [-0.15, -0.1) is 37.2 Å². The van der Waals surface area contributed by atoms with E-state index < -0.39 is 0 Å². The van der Waals surface area contributed by atoms with Gasteiger partial charge in [-0.3, -0.25) is 4.90 Å². The van der Waals surface area contributed by atoms with Crippen LogP contribution in [0.5, 0.6) is 5.75 Å². The molecule has 0 bridgehead atoms. The fourth-order valence-corrected chi connectivity index (χ4v) is 3.41. The number of hydrogen-bond acceptors (Lipinski definition) is 3. The molecule has 3 nitrogen and oxygen atoms in total. The zero-order valence-corrected chi connectivity index (χ0v) is 17.2. The summed E-state index contributed by atoms with van der Waals surface area (Å²) in [6.07, 6.45) is 3.99. The van der Waals surface area contributed by atoms with E-state index in [0.29, 0.717) is 0 Å². The predicted molar refractivity (Wildman–Crippen MR) is 117 cm³/mol. The maximum atomic E-state index is 6.30. The second-order valence-electron chi connectivity index (χ2n) is 6.32. The first-order chi connectivity index (χ1) is 11.3. The van der Waals surface area contributed by atoms with Crippen LogP contribution in [0.2, 0.25) is 0 Å². The summed E-state index contributed by atoms with van der Waals surface area (Å²) in [5.74, 6) is 0.929. The van der Waals surface area contributed by atoms with Gasteiger partial charge >= 0.3 is 0 Å². The zero-order valence-electron chi connectivity index (χ0n) is 14.8. The molecule has 1 fully saturated rings. The second kappa shape index (κ2) is 10.2. The third-order valence-corrected chi connectivity index (χ3v) is 4.72. The number of rotatable bonds is 3. The number of halogens is 3. The van der Waals surface area contributed by atoms with E-state index in [4.69, 9.17) is 9.72 Å². The number of fused-ring (bicyclic) bond motifs is 2. The summed E-state index contributed by atoms with van der Waals surface area (Å²) < 4.78 is 6.30. The van der Waals surface area contributed by atoms with Crippen molar-refractivity contribution in [2.75, 3.05) is 13.1 Å². The molecule has 0 saturated carbocycles. The molecule has 1 aliphatic rings. The Labute approximate surface area is 173 Å². The van der Waals surface area contributed by atoms with Crippen LogP contribution >= 0.6 is 37.2 Å². The van der Waals surface area contributed by atoms with Crippen LogP contribution in [0.4, 0.5) is 0 Å². The van der Waals surface area contributed by atoms with Crippen LogP contribution in [-0.4, -0.2) is 29.2 Å². The Morgan fingerprint density at radius 2 is 1.58 bits per heavy atom. The Morgan fingerprint density at radius 1 is 0.885 bits per heavy atom. The molecule has 0 spiro atoms. The van der Waals surface area contributed by atoms with E-state index in [1.165, 1.54) is 19.3 Å². The average molecular weight is 416 g/mol. The van der Waals surface area contributed by atoms with Crippen LogP contribution in [0.15, 0.2) is 48.5 Å². The lowest BCUT2D eigenvalue weighted by molar-refractivity contribution is 0.0273. The van der Waals surface area contributed by atoms with Crippen molar-refractivity contribution in [1.82, 2.24) is 9.88 Å². The van der Waals surface area contributed by atoms with Crippen molar-refractivity contribution in [2.45, 2.75) is 32.4 Å². The van der Waals surface area contributed by atoms with Crippen molar-refractivity contribution in [3.8, 4) is 5.75 Å². The van der Waals surface area contributed by atoms with Crippen molar-refractivity contribution < 1.29 is 4.74 Å².